The minimum Gasteiger partial charge on any atom is -0.392 e. The number of nitrogens with zero attached hydrogens (tertiary/aromatic N) is 2. The predicted molar refractivity (Wildman–Crippen MR) is 39.8 cm³/mol. The van der Waals surface area contributed by atoms with Crippen LogP contribution in [0.25, 0.3) is 0 Å². The largest absolute Gasteiger partial charge is 0.392 e. The summed E-state index contributed by atoms with van der Waals surface area (Å²) in [5, 5.41) is 17.2. The predicted octanol–water partition coefficient (Wildman–Crippen LogP) is 1.52. The first-order valence-electron chi connectivity index (χ1n) is 3.58. The molecule has 1 heterocycles. The fourth-order valence-corrected chi connectivity index (χ4v) is 1.01. The Bertz CT molecular complexity index is 387. The molecular weight excluding hydrogens is 197 g/mol. The molecule has 0 aromatic carbocycles. The van der Waals surface area contributed by atoms with E-state index in [1.807, 2.05) is 0 Å². The van der Waals surface area contributed by atoms with E-state index in [-0.39, 0.29) is 5.56 Å². The third-order valence-electron chi connectivity index (χ3n) is 1.63. The van der Waals surface area contributed by atoms with E-state index >= 15 is 0 Å². The van der Waals surface area contributed by atoms with Crippen molar-refractivity contribution in [1.82, 2.24) is 4.98 Å². The summed E-state index contributed by atoms with van der Waals surface area (Å²) in [6.07, 6.45) is -2.94. The van der Waals surface area contributed by atoms with Crippen LogP contribution in [0.5, 0.6) is 0 Å². The molecule has 0 fully saturated rings. The van der Waals surface area contributed by atoms with Crippen molar-refractivity contribution in [3.05, 3.63) is 28.8 Å². The molecule has 1 N–H and O–H groups in total. The molecule has 0 amide bonds. The van der Waals surface area contributed by atoms with Gasteiger partial charge in [-0.05, 0) is 0 Å². The lowest BCUT2D eigenvalue weighted by Crippen LogP contribution is -2.03. The van der Waals surface area contributed by atoms with Crippen molar-refractivity contribution in [3.63, 3.8) is 0 Å². The zero-order valence-corrected chi connectivity index (χ0v) is 6.84. The molecule has 0 radical (unpaired) electrons. The first-order valence-corrected chi connectivity index (χ1v) is 3.58. The van der Waals surface area contributed by atoms with Crippen LogP contribution in [-0.4, -0.2) is 10.1 Å². The summed E-state index contributed by atoms with van der Waals surface area (Å²) >= 11 is 0. The molecule has 0 saturated heterocycles. The van der Waals surface area contributed by atoms with Gasteiger partial charge in [-0.2, -0.15) is 9.65 Å². The second-order valence-corrected chi connectivity index (χ2v) is 2.43. The zero-order chi connectivity index (χ0) is 10.7. The van der Waals surface area contributed by atoms with Crippen LogP contribution < -0.4 is 0 Å². The van der Waals surface area contributed by atoms with Crippen LogP contribution in [-0.2, 0) is 6.61 Å². The maximum absolute atomic E-state index is 12.6. The van der Waals surface area contributed by atoms with Crippen molar-refractivity contribution >= 4 is 0 Å². The summed E-state index contributed by atoms with van der Waals surface area (Å²) in [6.45, 7) is -0.768. The highest BCUT2D eigenvalue weighted by Crippen LogP contribution is 2.25. The normalized spacial score (nSPS) is 10.3. The second-order valence-electron chi connectivity index (χ2n) is 2.43. The van der Waals surface area contributed by atoms with Crippen molar-refractivity contribution in [3.8, 4) is 6.07 Å². The molecule has 74 valence electrons. The lowest BCUT2D eigenvalue weighted by molar-refractivity contribution is 0.146. The number of hydrogen-bond acceptors (Lipinski definition) is 3. The molecule has 3 nitrogen and oxygen atoms in total. The van der Waals surface area contributed by atoms with E-state index in [0.29, 0.717) is 6.07 Å². The summed E-state index contributed by atoms with van der Waals surface area (Å²) in [4.78, 5) is 3.08. The standard InChI is InChI=1S/C8H5F3N2O/c9-7-1-4(8(10)11)5(3-14)6(2-12)13-7/h1,8,14H,3H2. The monoisotopic (exact) mass is 202 g/mol. The highest BCUT2D eigenvalue weighted by molar-refractivity contribution is 5.37. The van der Waals surface area contributed by atoms with Crippen molar-refractivity contribution in [1.29, 1.82) is 5.26 Å². The van der Waals surface area contributed by atoms with Crippen LogP contribution in [0, 0.1) is 17.3 Å². The second kappa shape index (κ2) is 4.07. The molecule has 1 rings (SSSR count). The van der Waals surface area contributed by atoms with Crippen LogP contribution in [0.2, 0.25) is 0 Å². The maximum Gasteiger partial charge on any atom is 0.264 e. The summed E-state index contributed by atoms with van der Waals surface area (Å²) < 4.78 is 37.2. The Morgan fingerprint density at radius 1 is 1.57 bits per heavy atom. The van der Waals surface area contributed by atoms with Crippen LogP contribution in [0.4, 0.5) is 13.2 Å². The lowest BCUT2D eigenvalue weighted by Gasteiger charge is -2.07. The number of halogens is 3. The number of rotatable bonds is 2. The molecule has 6 heteroatoms. The van der Waals surface area contributed by atoms with Gasteiger partial charge in [0.2, 0.25) is 5.95 Å². The molecule has 0 aliphatic carbocycles. The smallest absolute Gasteiger partial charge is 0.264 e. The maximum atomic E-state index is 12.6. The van der Waals surface area contributed by atoms with Gasteiger partial charge in [-0.25, -0.2) is 13.8 Å². The summed E-state index contributed by atoms with van der Waals surface area (Å²) in [5.74, 6) is -1.16. The fourth-order valence-electron chi connectivity index (χ4n) is 1.01. The Balaban J connectivity index is 3.41. The summed E-state index contributed by atoms with van der Waals surface area (Å²) in [5.41, 5.74) is -1.54. The number of hydrogen-bond donors (Lipinski definition) is 1. The third-order valence-corrected chi connectivity index (χ3v) is 1.63. The number of nitriles is 1. The molecule has 1 aromatic heterocycles. The van der Waals surface area contributed by atoms with Gasteiger partial charge in [0.1, 0.15) is 11.8 Å². The number of alkyl halides is 2. The SMILES string of the molecule is N#Cc1nc(F)cc(C(F)F)c1CO. The molecule has 1 aromatic rings. The molecule has 0 unspecified atom stereocenters. The van der Waals surface area contributed by atoms with Gasteiger partial charge in [0.15, 0.2) is 0 Å². The number of aliphatic hydroxyl groups excluding tert-OH is 1. The van der Waals surface area contributed by atoms with Gasteiger partial charge in [-0.3, -0.25) is 0 Å². The van der Waals surface area contributed by atoms with E-state index in [0.717, 1.165) is 0 Å². The van der Waals surface area contributed by atoms with Crippen LogP contribution in [0.1, 0.15) is 23.2 Å². The Kier molecular flexibility index (Phi) is 3.04. The van der Waals surface area contributed by atoms with E-state index in [4.69, 9.17) is 10.4 Å². The van der Waals surface area contributed by atoms with E-state index in [2.05, 4.69) is 4.98 Å². The average Bonchev–Trinajstić information content (AvgIpc) is 2.16. The molecule has 0 bridgehead atoms. The van der Waals surface area contributed by atoms with Gasteiger partial charge in [0, 0.05) is 17.2 Å². The minimum atomic E-state index is -2.94. The van der Waals surface area contributed by atoms with Crippen molar-refractivity contribution in [2.24, 2.45) is 0 Å². The lowest BCUT2D eigenvalue weighted by atomic mass is 10.1. The number of aromatic nitrogens is 1. The Hall–Kier alpha value is -1.61. The number of aliphatic hydroxyl groups is 1. The van der Waals surface area contributed by atoms with E-state index < -0.39 is 30.2 Å². The van der Waals surface area contributed by atoms with E-state index in [1.54, 1.807) is 0 Å². The highest BCUT2D eigenvalue weighted by Gasteiger charge is 2.18. The Morgan fingerprint density at radius 3 is 2.64 bits per heavy atom. The molecule has 0 atom stereocenters. The first-order chi connectivity index (χ1) is 6.60. The van der Waals surface area contributed by atoms with Gasteiger partial charge in [-0.1, -0.05) is 0 Å². The average molecular weight is 202 g/mol. The topological polar surface area (TPSA) is 56.9 Å². The highest BCUT2D eigenvalue weighted by atomic mass is 19.3. The first kappa shape index (κ1) is 10.5. The van der Waals surface area contributed by atoms with Gasteiger partial charge in [-0.15, -0.1) is 0 Å². The quantitative estimate of drug-likeness (QED) is 0.739. The molecule has 0 saturated carbocycles. The van der Waals surface area contributed by atoms with Crippen LogP contribution in [0.3, 0.4) is 0 Å². The summed E-state index contributed by atoms with van der Waals surface area (Å²) in [6, 6.07) is 1.95. The Labute approximate surface area is 77.4 Å². The van der Waals surface area contributed by atoms with Crippen LogP contribution >= 0.6 is 0 Å². The minimum absolute atomic E-state index is 0.330. The molecule has 0 aliphatic heterocycles. The van der Waals surface area contributed by atoms with E-state index in [9.17, 15) is 13.2 Å². The van der Waals surface area contributed by atoms with E-state index in [1.165, 1.54) is 6.07 Å². The molecule has 0 aliphatic rings. The van der Waals surface area contributed by atoms with Gasteiger partial charge >= 0.3 is 0 Å². The fraction of sp³-hybridized carbons (Fsp3) is 0.250. The summed E-state index contributed by atoms with van der Waals surface area (Å²) in [7, 11) is 0. The van der Waals surface area contributed by atoms with Crippen molar-refractivity contribution in [2.75, 3.05) is 0 Å². The molecule has 14 heavy (non-hydrogen) atoms. The molecular formula is C8H5F3N2O. The van der Waals surface area contributed by atoms with Crippen molar-refractivity contribution in [2.45, 2.75) is 13.0 Å². The van der Waals surface area contributed by atoms with Gasteiger partial charge < -0.3 is 5.11 Å². The van der Waals surface area contributed by atoms with Crippen molar-refractivity contribution < 1.29 is 18.3 Å². The Morgan fingerprint density at radius 2 is 2.21 bits per heavy atom. The van der Waals surface area contributed by atoms with Gasteiger partial charge in [0.05, 0.1) is 6.61 Å². The van der Waals surface area contributed by atoms with Gasteiger partial charge in [0.25, 0.3) is 6.43 Å². The third kappa shape index (κ3) is 1.83. The molecule has 0 spiro atoms. The van der Waals surface area contributed by atoms with Crippen LogP contribution in [0.15, 0.2) is 6.07 Å². The zero-order valence-electron chi connectivity index (χ0n) is 6.84. The number of pyridine rings is 1.